The minimum absolute atomic E-state index is 0.0966. The van der Waals surface area contributed by atoms with Crippen molar-refractivity contribution in [2.24, 2.45) is 10.7 Å². The van der Waals surface area contributed by atoms with Gasteiger partial charge in [-0.15, -0.1) is 0 Å². The molecule has 0 bridgehead atoms. The second-order valence-electron chi connectivity index (χ2n) is 2.80. The van der Waals surface area contributed by atoms with Gasteiger partial charge in [0.1, 0.15) is 0 Å². The first-order valence-corrected chi connectivity index (χ1v) is 3.68. The summed E-state index contributed by atoms with van der Waals surface area (Å²) in [5.41, 5.74) is 7.67. The van der Waals surface area contributed by atoms with Crippen molar-refractivity contribution in [1.82, 2.24) is 0 Å². The number of rotatable bonds is 0. The highest BCUT2D eigenvalue weighted by molar-refractivity contribution is 6.48. The number of ketones is 1. The molecule has 0 unspecified atom stereocenters. The van der Waals surface area contributed by atoms with E-state index in [1.165, 1.54) is 0 Å². The normalized spacial score (nSPS) is 14.4. The van der Waals surface area contributed by atoms with E-state index >= 15 is 0 Å². The number of hydrogen-bond acceptors (Lipinski definition) is 3. The fraction of sp³-hybridized carbons (Fsp3) is 0.111. The van der Waals surface area contributed by atoms with Crippen LogP contribution in [0.4, 0.5) is 5.69 Å². The van der Waals surface area contributed by atoms with Crippen LogP contribution in [0.15, 0.2) is 23.2 Å². The highest BCUT2D eigenvalue weighted by atomic mass is 16.1. The molecule has 1 aromatic carbocycles. The number of Topliss-reactive ketones (excluding diaryl/α,β-unsaturated/α-hetero) is 1. The molecule has 0 saturated carbocycles. The maximum absolute atomic E-state index is 11.4. The zero-order valence-electron chi connectivity index (χ0n) is 6.66. The quantitative estimate of drug-likeness (QED) is 0.619. The molecule has 3 heteroatoms. The predicted octanol–water partition coefficient (Wildman–Crippen LogP) is 1.18. The van der Waals surface area contributed by atoms with E-state index in [1.807, 2.05) is 19.1 Å². The van der Waals surface area contributed by atoms with Crippen LogP contribution in [-0.4, -0.2) is 11.6 Å². The molecular formula is C9H8N2O. The SMILES string of the molecule is Cc1cccc2c1C(=O)C(N)=N2. The third kappa shape index (κ3) is 0.763. The molecule has 0 atom stereocenters. The fourth-order valence-electron chi connectivity index (χ4n) is 1.35. The van der Waals surface area contributed by atoms with E-state index in [0.717, 1.165) is 5.56 Å². The lowest BCUT2D eigenvalue weighted by Crippen LogP contribution is -2.19. The van der Waals surface area contributed by atoms with Crippen LogP contribution in [0.25, 0.3) is 0 Å². The molecule has 60 valence electrons. The Morgan fingerprint density at radius 1 is 1.42 bits per heavy atom. The van der Waals surface area contributed by atoms with Gasteiger partial charge in [0.2, 0.25) is 5.78 Å². The summed E-state index contributed by atoms with van der Waals surface area (Å²) >= 11 is 0. The van der Waals surface area contributed by atoms with Gasteiger partial charge in [-0.2, -0.15) is 0 Å². The van der Waals surface area contributed by atoms with Crippen molar-refractivity contribution in [1.29, 1.82) is 0 Å². The van der Waals surface area contributed by atoms with E-state index < -0.39 is 0 Å². The second kappa shape index (κ2) is 2.17. The number of carbonyl (C=O) groups excluding carboxylic acids is 1. The van der Waals surface area contributed by atoms with Crippen LogP contribution in [0.5, 0.6) is 0 Å². The Labute approximate surface area is 69.9 Å². The molecule has 2 rings (SSSR count). The molecule has 0 fully saturated rings. The van der Waals surface area contributed by atoms with E-state index in [9.17, 15) is 4.79 Å². The summed E-state index contributed by atoms with van der Waals surface area (Å²) in [4.78, 5) is 15.3. The summed E-state index contributed by atoms with van der Waals surface area (Å²) < 4.78 is 0. The van der Waals surface area contributed by atoms with E-state index in [2.05, 4.69) is 4.99 Å². The van der Waals surface area contributed by atoms with Crippen LogP contribution in [0.2, 0.25) is 0 Å². The molecule has 1 aromatic rings. The third-order valence-electron chi connectivity index (χ3n) is 1.95. The topological polar surface area (TPSA) is 55.5 Å². The van der Waals surface area contributed by atoms with Crippen molar-refractivity contribution in [3.05, 3.63) is 29.3 Å². The van der Waals surface area contributed by atoms with Crippen molar-refractivity contribution >= 4 is 17.3 Å². The third-order valence-corrected chi connectivity index (χ3v) is 1.95. The lowest BCUT2D eigenvalue weighted by Gasteiger charge is -1.98. The molecule has 0 aliphatic carbocycles. The summed E-state index contributed by atoms with van der Waals surface area (Å²) in [6.07, 6.45) is 0. The Morgan fingerprint density at radius 2 is 2.17 bits per heavy atom. The number of fused-ring (bicyclic) bond motifs is 1. The average Bonchev–Trinajstić information content (AvgIpc) is 2.29. The first-order valence-electron chi connectivity index (χ1n) is 3.68. The first-order chi connectivity index (χ1) is 5.70. The Bertz CT molecular complexity index is 394. The number of aliphatic imine (C=N–C) groups is 1. The highest BCUT2D eigenvalue weighted by Crippen LogP contribution is 2.27. The Balaban J connectivity index is 2.72. The second-order valence-corrected chi connectivity index (χ2v) is 2.80. The molecule has 0 saturated heterocycles. The standard InChI is InChI=1S/C9H8N2O/c1-5-3-2-4-6-7(5)8(12)9(10)11-6/h2-4H,1H3,(H2,10,11,12). The number of benzene rings is 1. The number of carbonyl (C=O) groups is 1. The summed E-state index contributed by atoms with van der Waals surface area (Å²) in [5, 5.41) is 0. The maximum Gasteiger partial charge on any atom is 0.230 e. The number of nitrogens with zero attached hydrogens (tertiary/aromatic N) is 1. The van der Waals surface area contributed by atoms with E-state index in [1.54, 1.807) is 6.07 Å². The van der Waals surface area contributed by atoms with Gasteiger partial charge in [0.25, 0.3) is 0 Å². The summed E-state index contributed by atoms with van der Waals surface area (Å²) in [7, 11) is 0. The number of hydrogen-bond donors (Lipinski definition) is 1. The van der Waals surface area contributed by atoms with Crippen LogP contribution in [0.3, 0.4) is 0 Å². The van der Waals surface area contributed by atoms with Gasteiger partial charge in [0.05, 0.1) is 11.3 Å². The molecular weight excluding hydrogens is 152 g/mol. The number of amidine groups is 1. The summed E-state index contributed by atoms with van der Waals surface area (Å²) in [6, 6.07) is 5.54. The number of aryl methyl sites for hydroxylation is 1. The molecule has 12 heavy (non-hydrogen) atoms. The van der Waals surface area contributed by atoms with Gasteiger partial charge < -0.3 is 5.73 Å². The monoisotopic (exact) mass is 160 g/mol. The summed E-state index contributed by atoms with van der Waals surface area (Å²) in [6.45, 7) is 1.88. The molecule has 1 aliphatic rings. The van der Waals surface area contributed by atoms with Crippen molar-refractivity contribution < 1.29 is 4.79 Å². The van der Waals surface area contributed by atoms with Crippen LogP contribution < -0.4 is 5.73 Å². The summed E-state index contributed by atoms with van der Waals surface area (Å²) in [5.74, 6) is -0.0533. The van der Waals surface area contributed by atoms with Gasteiger partial charge in [-0.05, 0) is 18.6 Å². The molecule has 1 aliphatic heterocycles. The first kappa shape index (κ1) is 7.03. The van der Waals surface area contributed by atoms with Gasteiger partial charge in [-0.3, -0.25) is 4.79 Å². The zero-order chi connectivity index (χ0) is 8.72. The van der Waals surface area contributed by atoms with Crippen molar-refractivity contribution in [3.8, 4) is 0 Å². The lowest BCUT2D eigenvalue weighted by molar-refractivity contribution is 0.106. The number of nitrogens with two attached hydrogens (primary N) is 1. The molecule has 0 amide bonds. The van der Waals surface area contributed by atoms with Crippen LogP contribution in [-0.2, 0) is 0 Å². The van der Waals surface area contributed by atoms with Crippen molar-refractivity contribution in [3.63, 3.8) is 0 Å². The van der Waals surface area contributed by atoms with Gasteiger partial charge in [-0.25, -0.2) is 4.99 Å². The smallest absolute Gasteiger partial charge is 0.230 e. The maximum atomic E-state index is 11.4. The van der Waals surface area contributed by atoms with E-state index in [0.29, 0.717) is 11.3 Å². The minimum atomic E-state index is -0.150. The van der Waals surface area contributed by atoms with Gasteiger partial charge >= 0.3 is 0 Å². The van der Waals surface area contributed by atoms with Gasteiger partial charge in [-0.1, -0.05) is 12.1 Å². The molecule has 0 radical (unpaired) electrons. The largest absolute Gasteiger partial charge is 0.380 e. The Kier molecular flexibility index (Phi) is 1.27. The Morgan fingerprint density at radius 3 is 2.83 bits per heavy atom. The van der Waals surface area contributed by atoms with Crippen LogP contribution >= 0.6 is 0 Å². The zero-order valence-corrected chi connectivity index (χ0v) is 6.66. The molecule has 0 aromatic heterocycles. The molecule has 1 heterocycles. The van der Waals surface area contributed by atoms with E-state index in [4.69, 9.17) is 5.73 Å². The van der Waals surface area contributed by atoms with Crippen molar-refractivity contribution in [2.45, 2.75) is 6.92 Å². The van der Waals surface area contributed by atoms with Gasteiger partial charge in [0, 0.05) is 0 Å². The van der Waals surface area contributed by atoms with Crippen LogP contribution in [0, 0.1) is 6.92 Å². The van der Waals surface area contributed by atoms with Gasteiger partial charge in [0.15, 0.2) is 5.84 Å². The average molecular weight is 160 g/mol. The van der Waals surface area contributed by atoms with Crippen molar-refractivity contribution in [2.75, 3.05) is 0 Å². The Hall–Kier alpha value is -1.64. The van der Waals surface area contributed by atoms with E-state index in [-0.39, 0.29) is 11.6 Å². The molecule has 2 N–H and O–H groups in total. The highest BCUT2D eigenvalue weighted by Gasteiger charge is 2.23. The minimum Gasteiger partial charge on any atom is -0.380 e. The molecule has 3 nitrogen and oxygen atoms in total. The predicted molar refractivity (Wildman–Crippen MR) is 46.8 cm³/mol. The fourth-order valence-corrected chi connectivity index (χ4v) is 1.35. The lowest BCUT2D eigenvalue weighted by atomic mass is 10.0. The van der Waals surface area contributed by atoms with Crippen LogP contribution in [0.1, 0.15) is 15.9 Å². The molecule has 0 spiro atoms.